The third-order valence-corrected chi connectivity index (χ3v) is 4.96. The summed E-state index contributed by atoms with van der Waals surface area (Å²) in [5, 5.41) is 0.803. The normalized spacial score (nSPS) is 11.0. The van der Waals surface area contributed by atoms with Gasteiger partial charge in [0, 0.05) is 29.2 Å². The molecular formula is C25H20FNO2. The van der Waals surface area contributed by atoms with Crippen molar-refractivity contribution in [1.82, 2.24) is 4.98 Å². The number of aryl methyl sites for hydroxylation is 1. The molecule has 3 nitrogen and oxygen atoms in total. The van der Waals surface area contributed by atoms with Crippen LogP contribution in [0.3, 0.4) is 0 Å². The number of hydrogen-bond acceptors (Lipinski definition) is 3. The van der Waals surface area contributed by atoms with E-state index in [1.54, 1.807) is 19.2 Å². The lowest BCUT2D eigenvalue weighted by molar-refractivity contribution is 0.112. The number of fused-ring (bicyclic) bond motifs is 1. The number of aromatic nitrogens is 1. The van der Waals surface area contributed by atoms with Crippen LogP contribution in [0.25, 0.3) is 33.3 Å². The van der Waals surface area contributed by atoms with Gasteiger partial charge in [0.1, 0.15) is 5.82 Å². The fraction of sp³-hybridized carbons (Fsp3) is 0.120. The predicted octanol–water partition coefficient (Wildman–Crippen LogP) is 5.98. The Balaban J connectivity index is 1.74. The molecule has 3 aromatic carbocycles. The van der Waals surface area contributed by atoms with Crippen LogP contribution in [0.1, 0.15) is 21.5 Å². The molecule has 0 amide bonds. The van der Waals surface area contributed by atoms with Gasteiger partial charge in [-0.3, -0.25) is 4.79 Å². The molecule has 4 rings (SSSR count). The molecule has 4 heteroatoms. The number of ether oxygens (including phenoxy) is 1. The molecule has 0 radical (unpaired) electrons. The van der Waals surface area contributed by atoms with Crippen molar-refractivity contribution >= 4 is 17.2 Å². The molecule has 0 atom stereocenters. The van der Waals surface area contributed by atoms with E-state index >= 15 is 0 Å². The summed E-state index contributed by atoms with van der Waals surface area (Å²) >= 11 is 0. The Labute approximate surface area is 168 Å². The molecule has 0 aliphatic heterocycles. The fourth-order valence-corrected chi connectivity index (χ4v) is 3.47. The zero-order valence-electron chi connectivity index (χ0n) is 16.3. The fourth-order valence-electron chi connectivity index (χ4n) is 3.47. The summed E-state index contributed by atoms with van der Waals surface area (Å²) in [4.78, 5) is 16.2. The number of carbonyl (C=O) groups is 1. The molecule has 0 aliphatic carbocycles. The quantitative estimate of drug-likeness (QED) is 0.397. The van der Waals surface area contributed by atoms with E-state index in [1.807, 2.05) is 55.5 Å². The van der Waals surface area contributed by atoms with Gasteiger partial charge in [-0.15, -0.1) is 0 Å². The van der Waals surface area contributed by atoms with Crippen LogP contribution in [0.2, 0.25) is 0 Å². The lowest BCUT2D eigenvalue weighted by atomic mass is 9.99. The zero-order valence-corrected chi connectivity index (χ0v) is 16.3. The summed E-state index contributed by atoms with van der Waals surface area (Å²) in [7, 11) is 1.64. The number of benzene rings is 3. The van der Waals surface area contributed by atoms with E-state index in [0.717, 1.165) is 28.4 Å². The standard InChI is InChI=1S/C25H20FNO2/c1-16-3-10-24-22(11-16)20(14-28)13-25(27-24)19-8-9-21(23(26)12-19)18-6-4-17(5-7-18)15-29-2/h3-14H,15H2,1-2H3. The molecule has 1 heterocycles. The summed E-state index contributed by atoms with van der Waals surface area (Å²) in [6, 6.07) is 20.1. The summed E-state index contributed by atoms with van der Waals surface area (Å²) in [5.74, 6) is -0.333. The summed E-state index contributed by atoms with van der Waals surface area (Å²) < 4.78 is 20.0. The average Bonchev–Trinajstić information content (AvgIpc) is 2.74. The minimum atomic E-state index is -0.333. The molecule has 0 bridgehead atoms. The third kappa shape index (κ3) is 3.80. The largest absolute Gasteiger partial charge is 0.380 e. The molecule has 0 N–H and O–H groups in total. The molecule has 144 valence electrons. The highest BCUT2D eigenvalue weighted by Crippen LogP contribution is 2.30. The van der Waals surface area contributed by atoms with Crippen molar-refractivity contribution < 1.29 is 13.9 Å². The summed E-state index contributed by atoms with van der Waals surface area (Å²) in [6.45, 7) is 2.49. The number of halogens is 1. The second kappa shape index (κ2) is 7.94. The highest BCUT2D eigenvalue weighted by atomic mass is 19.1. The highest BCUT2D eigenvalue weighted by Gasteiger charge is 2.11. The molecule has 0 spiro atoms. The first-order chi connectivity index (χ1) is 14.1. The molecule has 0 aliphatic rings. The van der Waals surface area contributed by atoms with Gasteiger partial charge in [-0.1, -0.05) is 48.0 Å². The summed E-state index contributed by atoms with van der Waals surface area (Å²) in [5.41, 5.74) is 5.87. The third-order valence-electron chi connectivity index (χ3n) is 4.96. The predicted molar refractivity (Wildman–Crippen MR) is 113 cm³/mol. The van der Waals surface area contributed by atoms with Crippen molar-refractivity contribution in [2.24, 2.45) is 0 Å². The second-order valence-electron chi connectivity index (χ2n) is 7.06. The Morgan fingerprint density at radius 1 is 0.966 bits per heavy atom. The van der Waals surface area contributed by atoms with Crippen molar-refractivity contribution in [2.45, 2.75) is 13.5 Å². The molecule has 0 saturated carbocycles. The average molecular weight is 385 g/mol. The molecule has 0 saturated heterocycles. The van der Waals surface area contributed by atoms with Gasteiger partial charge in [0.25, 0.3) is 0 Å². The molecular weight excluding hydrogens is 365 g/mol. The molecule has 0 fully saturated rings. The van der Waals surface area contributed by atoms with Gasteiger partial charge in [0.15, 0.2) is 6.29 Å². The van der Waals surface area contributed by atoms with E-state index in [0.29, 0.717) is 34.5 Å². The maximum atomic E-state index is 14.9. The van der Waals surface area contributed by atoms with Crippen LogP contribution in [0.15, 0.2) is 66.7 Å². The van der Waals surface area contributed by atoms with Gasteiger partial charge in [0.2, 0.25) is 0 Å². The molecule has 0 unspecified atom stereocenters. The van der Waals surface area contributed by atoms with Gasteiger partial charge in [-0.25, -0.2) is 9.37 Å². The van der Waals surface area contributed by atoms with Crippen LogP contribution in [-0.4, -0.2) is 18.4 Å². The van der Waals surface area contributed by atoms with E-state index in [2.05, 4.69) is 4.98 Å². The molecule has 29 heavy (non-hydrogen) atoms. The number of nitrogens with zero attached hydrogens (tertiary/aromatic N) is 1. The van der Waals surface area contributed by atoms with E-state index in [9.17, 15) is 9.18 Å². The topological polar surface area (TPSA) is 39.2 Å². The smallest absolute Gasteiger partial charge is 0.150 e. The van der Waals surface area contributed by atoms with Crippen molar-refractivity contribution in [2.75, 3.05) is 7.11 Å². The van der Waals surface area contributed by atoms with Gasteiger partial charge in [0.05, 0.1) is 17.8 Å². The Kier molecular flexibility index (Phi) is 5.19. The second-order valence-corrected chi connectivity index (χ2v) is 7.06. The Bertz CT molecular complexity index is 1200. The van der Waals surface area contributed by atoms with Gasteiger partial charge in [-0.2, -0.15) is 0 Å². The van der Waals surface area contributed by atoms with Crippen molar-refractivity contribution in [3.63, 3.8) is 0 Å². The first-order valence-corrected chi connectivity index (χ1v) is 9.34. The Morgan fingerprint density at radius 3 is 2.41 bits per heavy atom. The Morgan fingerprint density at radius 2 is 1.72 bits per heavy atom. The first kappa shape index (κ1) is 19.0. The number of rotatable bonds is 5. The van der Waals surface area contributed by atoms with Crippen LogP contribution in [0.5, 0.6) is 0 Å². The van der Waals surface area contributed by atoms with Gasteiger partial charge in [-0.05, 0) is 42.3 Å². The maximum Gasteiger partial charge on any atom is 0.150 e. The minimum absolute atomic E-state index is 0.333. The zero-order chi connectivity index (χ0) is 20.4. The van der Waals surface area contributed by atoms with E-state index in [4.69, 9.17) is 4.74 Å². The summed E-state index contributed by atoms with van der Waals surface area (Å²) in [6.07, 6.45) is 0.819. The number of methoxy groups -OCH3 is 1. The maximum absolute atomic E-state index is 14.9. The van der Waals surface area contributed by atoms with Crippen LogP contribution >= 0.6 is 0 Å². The van der Waals surface area contributed by atoms with Crippen LogP contribution in [-0.2, 0) is 11.3 Å². The van der Waals surface area contributed by atoms with E-state index in [-0.39, 0.29) is 5.82 Å². The number of hydrogen-bond donors (Lipinski definition) is 0. The number of carbonyl (C=O) groups excluding carboxylic acids is 1. The number of aldehydes is 1. The van der Waals surface area contributed by atoms with Crippen molar-refractivity contribution in [3.05, 3.63) is 89.2 Å². The van der Waals surface area contributed by atoms with Crippen molar-refractivity contribution in [1.29, 1.82) is 0 Å². The van der Waals surface area contributed by atoms with Crippen LogP contribution in [0, 0.1) is 12.7 Å². The number of pyridine rings is 1. The van der Waals surface area contributed by atoms with Gasteiger partial charge >= 0.3 is 0 Å². The lowest BCUT2D eigenvalue weighted by Crippen LogP contribution is -1.94. The molecule has 4 aromatic rings. The van der Waals surface area contributed by atoms with Crippen LogP contribution in [0.4, 0.5) is 4.39 Å². The monoisotopic (exact) mass is 385 g/mol. The van der Waals surface area contributed by atoms with Gasteiger partial charge < -0.3 is 4.74 Å². The van der Waals surface area contributed by atoms with Crippen LogP contribution < -0.4 is 0 Å². The highest BCUT2D eigenvalue weighted by molar-refractivity contribution is 5.98. The van der Waals surface area contributed by atoms with E-state index < -0.39 is 0 Å². The van der Waals surface area contributed by atoms with E-state index in [1.165, 1.54) is 6.07 Å². The Hall–Kier alpha value is -3.37. The van der Waals surface area contributed by atoms with Crippen molar-refractivity contribution in [3.8, 4) is 22.4 Å². The lowest BCUT2D eigenvalue weighted by Gasteiger charge is -2.10. The molecule has 1 aromatic heterocycles. The first-order valence-electron chi connectivity index (χ1n) is 9.34. The minimum Gasteiger partial charge on any atom is -0.380 e. The SMILES string of the molecule is COCc1ccc(-c2ccc(-c3cc(C=O)c4cc(C)ccc4n3)cc2F)cc1.